The zero-order valence-corrected chi connectivity index (χ0v) is 12.9. The molecule has 126 valence electrons. The second-order valence-electron chi connectivity index (χ2n) is 5.05. The maximum absolute atomic E-state index is 12.1. The Hall–Kier alpha value is -2.35. The number of morpholine rings is 1. The van der Waals surface area contributed by atoms with Crippen molar-refractivity contribution in [3.63, 3.8) is 0 Å². The minimum absolute atomic E-state index is 0.0207. The van der Waals surface area contributed by atoms with E-state index in [2.05, 4.69) is 5.32 Å². The Bertz CT molecular complexity index is 536. The second-order valence-corrected chi connectivity index (χ2v) is 5.05. The Morgan fingerprint density at radius 3 is 2.74 bits per heavy atom. The molecule has 0 unspecified atom stereocenters. The molecule has 2 heterocycles. The summed E-state index contributed by atoms with van der Waals surface area (Å²) in [6.07, 6.45) is 0.524. The molecule has 1 N–H and O–H groups in total. The van der Waals surface area contributed by atoms with Gasteiger partial charge in [-0.05, 0) is 19.1 Å². The van der Waals surface area contributed by atoms with E-state index in [1.165, 1.54) is 19.3 Å². The van der Waals surface area contributed by atoms with Crippen LogP contribution in [0.25, 0.3) is 0 Å². The molecule has 0 aromatic carbocycles. The van der Waals surface area contributed by atoms with Crippen molar-refractivity contribution in [2.24, 2.45) is 0 Å². The molecular weight excluding hydrogens is 304 g/mol. The maximum Gasteiger partial charge on any atom is 0.308 e. The molecule has 0 bridgehead atoms. The lowest BCUT2D eigenvalue weighted by molar-refractivity contribution is -0.160. The van der Waals surface area contributed by atoms with Crippen LogP contribution in [0, 0.1) is 0 Å². The fourth-order valence-electron chi connectivity index (χ4n) is 2.12. The zero-order valence-electron chi connectivity index (χ0n) is 12.9. The van der Waals surface area contributed by atoms with Gasteiger partial charge >= 0.3 is 5.97 Å². The Labute approximate surface area is 133 Å². The van der Waals surface area contributed by atoms with Crippen LogP contribution in [0.4, 0.5) is 0 Å². The van der Waals surface area contributed by atoms with Crippen molar-refractivity contribution in [2.75, 3.05) is 32.8 Å². The second kappa shape index (κ2) is 8.33. The highest BCUT2D eigenvalue weighted by Gasteiger charge is 2.25. The first-order valence-corrected chi connectivity index (χ1v) is 7.45. The van der Waals surface area contributed by atoms with Gasteiger partial charge < -0.3 is 24.1 Å². The number of furan rings is 1. The quantitative estimate of drug-likeness (QED) is 0.750. The number of ether oxygens (including phenoxy) is 2. The summed E-state index contributed by atoms with van der Waals surface area (Å²) in [6, 6.07) is 3.12. The van der Waals surface area contributed by atoms with Crippen molar-refractivity contribution >= 4 is 17.8 Å². The molecule has 2 amide bonds. The molecule has 23 heavy (non-hydrogen) atoms. The largest absolute Gasteiger partial charge is 0.459 e. The van der Waals surface area contributed by atoms with Crippen molar-refractivity contribution < 1.29 is 28.3 Å². The Kier molecular flexibility index (Phi) is 6.16. The minimum Gasteiger partial charge on any atom is -0.459 e. The van der Waals surface area contributed by atoms with Gasteiger partial charge in [-0.15, -0.1) is 0 Å². The van der Waals surface area contributed by atoms with E-state index in [9.17, 15) is 14.4 Å². The molecule has 1 aliphatic rings. The van der Waals surface area contributed by atoms with Gasteiger partial charge in [-0.25, -0.2) is 0 Å². The van der Waals surface area contributed by atoms with Gasteiger partial charge in [-0.3, -0.25) is 14.4 Å². The molecule has 0 aliphatic carbocycles. The van der Waals surface area contributed by atoms with Crippen LogP contribution in [-0.4, -0.2) is 61.6 Å². The number of hydrogen-bond acceptors (Lipinski definition) is 6. The van der Waals surface area contributed by atoms with E-state index in [1.54, 1.807) is 11.0 Å². The highest BCUT2D eigenvalue weighted by Crippen LogP contribution is 2.05. The molecule has 8 nitrogen and oxygen atoms in total. The number of nitrogens with zero attached hydrogens (tertiary/aromatic N) is 1. The normalized spacial score (nSPS) is 15.8. The van der Waals surface area contributed by atoms with Gasteiger partial charge in [-0.1, -0.05) is 0 Å². The van der Waals surface area contributed by atoms with Gasteiger partial charge in [0, 0.05) is 19.6 Å². The number of carbonyl (C=O) groups excluding carboxylic acids is 3. The van der Waals surface area contributed by atoms with Gasteiger partial charge in [0.1, 0.15) is 0 Å². The lowest BCUT2D eigenvalue weighted by Gasteiger charge is -2.28. The summed E-state index contributed by atoms with van der Waals surface area (Å²) in [4.78, 5) is 37.0. The molecule has 0 radical (unpaired) electrons. The molecule has 1 fully saturated rings. The van der Waals surface area contributed by atoms with Crippen molar-refractivity contribution in [2.45, 2.75) is 19.4 Å². The van der Waals surface area contributed by atoms with Crippen molar-refractivity contribution in [1.29, 1.82) is 0 Å². The topological polar surface area (TPSA) is 98.1 Å². The maximum atomic E-state index is 12.1. The summed E-state index contributed by atoms with van der Waals surface area (Å²) in [5.41, 5.74) is 0. The van der Waals surface area contributed by atoms with Crippen LogP contribution in [0.2, 0.25) is 0 Å². The number of hydrogen-bond donors (Lipinski definition) is 1. The molecule has 1 atom stereocenters. The van der Waals surface area contributed by atoms with E-state index < -0.39 is 18.0 Å². The molecule has 1 aromatic heterocycles. The number of nitrogens with one attached hydrogen (secondary N) is 1. The first-order valence-electron chi connectivity index (χ1n) is 7.45. The van der Waals surface area contributed by atoms with Gasteiger partial charge in [0.15, 0.2) is 11.9 Å². The van der Waals surface area contributed by atoms with Gasteiger partial charge in [0.2, 0.25) is 0 Å². The van der Waals surface area contributed by atoms with E-state index >= 15 is 0 Å². The lowest BCUT2D eigenvalue weighted by atomic mass is 10.3. The number of carbonyl (C=O) groups is 3. The monoisotopic (exact) mass is 324 g/mol. The minimum atomic E-state index is -0.846. The van der Waals surface area contributed by atoms with Gasteiger partial charge in [0.05, 0.1) is 25.9 Å². The fraction of sp³-hybridized carbons (Fsp3) is 0.533. The molecule has 0 spiro atoms. The van der Waals surface area contributed by atoms with Crippen molar-refractivity contribution in [3.05, 3.63) is 24.2 Å². The van der Waals surface area contributed by atoms with E-state index in [0.717, 1.165) is 0 Å². The van der Waals surface area contributed by atoms with Crippen molar-refractivity contribution in [1.82, 2.24) is 10.2 Å². The summed E-state index contributed by atoms with van der Waals surface area (Å²) in [5.74, 6) is -1.01. The summed E-state index contributed by atoms with van der Waals surface area (Å²) in [5, 5.41) is 2.54. The van der Waals surface area contributed by atoms with Crippen LogP contribution in [-0.2, 0) is 19.1 Å². The van der Waals surface area contributed by atoms with Crippen LogP contribution in [0.1, 0.15) is 23.9 Å². The third-order valence-electron chi connectivity index (χ3n) is 3.34. The molecule has 0 saturated carbocycles. The number of rotatable bonds is 6. The fourth-order valence-corrected chi connectivity index (χ4v) is 2.12. The van der Waals surface area contributed by atoms with Crippen LogP contribution in [0.3, 0.4) is 0 Å². The predicted molar refractivity (Wildman–Crippen MR) is 78.6 cm³/mol. The summed E-state index contributed by atoms with van der Waals surface area (Å²) < 4.78 is 15.2. The zero-order chi connectivity index (χ0) is 16.7. The Morgan fingerprint density at radius 1 is 1.35 bits per heavy atom. The van der Waals surface area contributed by atoms with Gasteiger partial charge in [-0.2, -0.15) is 0 Å². The van der Waals surface area contributed by atoms with Gasteiger partial charge in [0.25, 0.3) is 11.8 Å². The lowest BCUT2D eigenvalue weighted by Crippen LogP contribution is -2.46. The van der Waals surface area contributed by atoms with Crippen molar-refractivity contribution in [3.8, 4) is 0 Å². The smallest absolute Gasteiger partial charge is 0.308 e. The molecule has 2 rings (SSSR count). The number of amides is 2. The Morgan fingerprint density at radius 2 is 2.09 bits per heavy atom. The number of esters is 1. The van der Waals surface area contributed by atoms with E-state index in [0.29, 0.717) is 26.3 Å². The molecule has 1 aromatic rings. The first kappa shape index (κ1) is 17.0. The standard InChI is InChI=1S/C15H20N2O6/c1-11(15(20)17-6-9-21-10-7-17)23-13(18)4-5-16-14(19)12-3-2-8-22-12/h2-3,8,11H,4-7,9-10H2,1H3,(H,16,19)/t11-/m0/s1. The van der Waals surface area contributed by atoms with Crippen LogP contribution in [0.5, 0.6) is 0 Å². The van der Waals surface area contributed by atoms with E-state index in [-0.39, 0.29) is 24.6 Å². The van der Waals surface area contributed by atoms with Crippen LogP contribution < -0.4 is 5.32 Å². The molecule has 8 heteroatoms. The SMILES string of the molecule is C[C@H](OC(=O)CCNC(=O)c1ccco1)C(=O)N1CCOCC1. The summed E-state index contributed by atoms with van der Waals surface area (Å²) >= 11 is 0. The van der Waals surface area contributed by atoms with E-state index in [4.69, 9.17) is 13.9 Å². The van der Waals surface area contributed by atoms with E-state index in [1.807, 2.05) is 0 Å². The molecule has 1 saturated heterocycles. The molecular formula is C15H20N2O6. The first-order chi connectivity index (χ1) is 11.1. The highest BCUT2D eigenvalue weighted by atomic mass is 16.5. The van der Waals surface area contributed by atoms with Crippen LogP contribution in [0.15, 0.2) is 22.8 Å². The average molecular weight is 324 g/mol. The highest BCUT2D eigenvalue weighted by molar-refractivity contribution is 5.91. The Balaban J connectivity index is 1.67. The van der Waals surface area contributed by atoms with Crippen LogP contribution >= 0.6 is 0 Å². The third kappa shape index (κ3) is 5.10. The summed E-state index contributed by atoms with van der Waals surface area (Å²) in [7, 11) is 0. The third-order valence-corrected chi connectivity index (χ3v) is 3.34. The molecule has 1 aliphatic heterocycles. The average Bonchev–Trinajstić information content (AvgIpc) is 3.09. The predicted octanol–water partition coefficient (Wildman–Crippen LogP) is 0.190. The summed E-state index contributed by atoms with van der Waals surface area (Å²) in [6.45, 7) is 3.63.